The van der Waals surface area contributed by atoms with Gasteiger partial charge in [0.15, 0.2) is 0 Å². The van der Waals surface area contributed by atoms with Crippen molar-refractivity contribution in [3.05, 3.63) is 0 Å². The van der Waals surface area contributed by atoms with Crippen molar-refractivity contribution in [3.63, 3.8) is 0 Å². The SMILES string of the molecule is CCCO[Si](CCS)(OCCC)OCCC. The largest absolute Gasteiger partial charge is 0.501 e. The molecule has 16 heavy (non-hydrogen) atoms. The van der Waals surface area contributed by atoms with Crippen molar-refractivity contribution in [1.29, 1.82) is 0 Å². The van der Waals surface area contributed by atoms with Crippen molar-refractivity contribution in [2.24, 2.45) is 0 Å². The van der Waals surface area contributed by atoms with Crippen molar-refractivity contribution < 1.29 is 13.3 Å². The Kier molecular flexibility index (Phi) is 10.9. The lowest BCUT2D eigenvalue weighted by molar-refractivity contribution is 0.0607. The molecule has 0 aliphatic heterocycles. The zero-order valence-corrected chi connectivity index (χ0v) is 12.7. The van der Waals surface area contributed by atoms with Gasteiger partial charge in [0.1, 0.15) is 0 Å². The Hall–Kier alpha value is 0.447. The first-order valence-corrected chi connectivity index (χ1v) is 8.83. The smallest absolute Gasteiger partial charge is 0.373 e. The van der Waals surface area contributed by atoms with Crippen molar-refractivity contribution in [2.75, 3.05) is 25.6 Å². The highest BCUT2D eigenvalue weighted by Gasteiger charge is 2.39. The molecule has 3 nitrogen and oxygen atoms in total. The lowest BCUT2D eigenvalue weighted by Crippen LogP contribution is -2.47. The van der Waals surface area contributed by atoms with Gasteiger partial charge in [-0.1, -0.05) is 20.8 Å². The third-order valence-corrected chi connectivity index (χ3v) is 5.43. The minimum atomic E-state index is -2.43. The average Bonchev–Trinajstić information content (AvgIpc) is 2.31. The highest BCUT2D eigenvalue weighted by Crippen LogP contribution is 2.17. The summed E-state index contributed by atoms with van der Waals surface area (Å²) in [6.45, 7) is 8.44. The maximum Gasteiger partial charge on any atom is 0.501 e. The fraction of sp³-hybridized carbons (Fsp3) is 1.00. The monoisotopic (exact) mass is 266 g/mol. The maximum absolute atomic E-state index is 5.87. The van der Waals surface area contributed by atoms with E-state index in [1.54, 1.807) is 0 Å². The molecule has 0 aromatic carbocycles. The zero-order chi connectivity index (χ0) is 12.3. The predicted octanol–water partition coefficient (Wildman–Crippen LogP) is 3.13. The second kappa shape index (κ2) is 10.6. The van der Waals surface area contributed by atoms with Crippen LogP contribution in [0.25, 0.3) is 0 Å². The van der Waals surface area contributed by atoms with Crippen LogP contribution in [0.2, 0.25) is 6.04 Å². The van der Waals surface area contributed by atoms with E-state index in [4.69, 9.17) is 13.3 Å². The molecule has 0 radical (unpaired) electrons. The number of hydrogen-bond acceptors (Lipinski definition) is 4. The van der Waals surface area contributed by atoms with E-state index in [0.717, 1.165) is 31.1 Å². The molecule has 0 unspecified atom stereocenters. The summed E-state index contributed by atoms with van der Waals surface area (Å²) < 4.78 is 17.6. The summed E-state index contributed by atoms with van der Waals surface area (Å²) >= 11 is 4.28. The van der Waals surface area contributed by atoms with Gasteiger partial charge in [0.25, 0.3) is 0 Å². The molecule has 0 bridgehead atoms. The highest BCUT2D eigenvalue weighted by atomic mass is 32.1. The van der Waals surface area contributed by atoms with E-state index in [-0.39, 0.29) is 0 Å². The summed E-state index contributed by atoms with van der Waals surface area (Å²) in [5, 5.41) is 0. The van der Waals surface area contributed by atoms with Gasteiger partial charge < -0.3 is 13.3 Å². The van der Waals surface area contributed by atoms with E-state index in [1.807, 2.05) is 0 Å². The molecular formula is C11H26O3SSi. The highest BCUT2D eigenvalue weighted by molar-refractivity contribution is 7.80. The van der Waals surface area contributed by atoms with Crippen LogP contribution in [-0.4, -0.2) is 34.4 Å². The third kappa shape index (κ3) is 6.91. The first-order valence-electron chi connectivity index (χ1n) is 6.27. The molecule has 0 N–H and O–H groups in total. The molecule has 0 saturated carbocycles. The quantitative estimate of drug-likeness (QED) is 0.460. The third-order valence-electron chi connectivity index (χ3n) is 2.00. The lowest BCUT2D eigenvalue weighted by atomic mass is 10.5. The Balaban J connectivity index is 4.32. The molecule has 0 amide bonds. The molecule has 0 heterocycles. The molecule has 0 rings (SSSR count). The molecule has 0 saturated heterocycles. The molecule has 5 heteroatoms. The van der Waals surface area contributed by atoms with E-state index in [1.165, 1.54) is 0 Å². The van der Waals surface area contributed by atoms with Gasteiger partial charge in [-0.25, -0.2) is 0 Å². The van der Waals surface area contributed by atoms with Gasteiger partial charge >= 0.3 is 8.80 Å². The van der Waals surface area contributed by atoms with E-state index < -0.39 is 8.80 Å². The van der Waals surface area contributed by atoms with Gasteiger partial charge in [-0.05, 0) is 25.0 Å². The lowest BCUT2D eigenvalue weighted by Gasteiger charge is -2.29. The molecule has 0 fully saturated rings. The van der Waals surface area contributed by atoms with Crippen LogP contribution in [0, 0.1) is 0 Å². The minimum absolute atomic E-state index is 0.716. The predicted molar refractivity (Wildman–Crippen MR) is 73.1 cm³/mol. The number of thiol groups is 1. The van der Waals surface area contributed by atoms with Crippen LogP contribution in [0.15, 0.2) is 0 Å². The van der Waals surface area contributed by atoms with Crippen molar-refractivity contribution in [2.45, 2.75) is 46.1 Å². The van der Waals surface area contributed by atoms with Crippen LogP contribution in [0.4, 0.5) is 0 Å². The maximum atomic E-state index is 5.87. The standard InChI is InChI=1S/C11H26O3SSi/c1-4-7-12-16(11-10-15,13-8-5-2)14-9-6-3/h15H,4-11H2,1-3H3. The van der Waals surface area contributed by atoms with E-state index in [9.17, 15) is 0 Å². The van der Waals surface area contributed by atoms with Gasteiger partial charge in [-0.2, -0.15) is 12.6 Å². The molecule has 0 aromatic heterocycles. The number of hydrogen-bond donors (Lipinski definition) is 1. The van der Waals surface area contributed by atoms with E-state index in [2.05, 4.69) is 33.4 Å². The van der Waals surface area contributed by atoms with Crippen molar-refractivity contribution >= 4 is 21.4 Å². The first kappa shape index (κ1) is 16.4. The van der Waals surface area contributed by atoms with Gasteiger partial charge in [-0.3, -0.25) is 0 Å². The van der Waals surface area contributed by atoms with Crippen LogP contribution in [0.3, 0.4) is 0 Å². The van der Waals surface area contributed by atoms with E-state index >= 15 is 0 Å². The minimum Gasteiger partial charge on any atom is -0.373 e. The average molecular weight is 266 g/mol. The van der Waals surface area contributed by atoms with E-state index in [0.29, 0.717) is 19.8 Å². The summed E-state index contributed by atoms with van der Waals surface area (Å²) in [5.41, 5.74) is 0. The van der Waals surface area contributed by atoms with Crippen molar-refractivity contribution in [1.82, 2.24) is 0 Å². The molecule has 0 aromatic rings. The molecule has 98 valence electrons. The molecule has 0 spiro atoms. The molecule has 0 atom stereocenters. The van der Waals surface area contributed by atoms with Gasteiger partial charge in [0, 0.05) is 25.9 Å². The van der Waals surface area contributed by atoms with Crippen molar-refractivity contribution in [3.8, 4) is 0 Å². The zero-order valence-electron chi connectivity index (χ0n) is 10.8. The van der Waals surface area contributed by atoms with Crippen LogP contribution < -0.4 is 0 Å². The first-order chi connectivity index (χ1) is 7.74. The fourth-order valence-corrected chi connectivity index (χ4v) is 4.57. The summed E-state index contributed by atoms with van der Waals surface area (Å²) in [4.78, 5) is 0. The Morgan fingerprint density at radius 1 is 0.812 bits per heavy atom. The topological polar surface area (TPSA) is 27.7 Å². The summed E-state index contributed by atoms with van der Waals surface area (Å²) in [6, 6.07) is 0.802. The van der Waals surface area contributed by atoms with Crippen LogP contribution in [-0.2, 0) is 13.3 Å². The second-order valence-electron chi connectivity index (χ2n) is 3.70. The van der Waals surface area contributed by atoms with Gasteiger partial charge in [0.2, 0.25) is 0 Å². The van der Waals surface area contributed by atoms with Crippen LogP contribution >= 0.6 is 12.6 Å². The van der Waals surface area contributed by atoms with Gasteiger partial charge in [0.05, 0.1) is 0 Å². The fourth-order valence-electron chi connectivity index (χ4n) is 1.25. The molecule has 0 aliphatic carbocycles. The Morgan fingerprint density at radius 3 is 1.44 bits per heavy atom. The molecular weight excluding hydrogens is 240 g/mol. The summed E-state index contributed by atoms with van der Waals surface area (Å²) in [5.74, 6) is 0.753. The van der Waals surface area contributed by atoms with Crippen LogP contribution in [0.1, 0.15) is 40.0 Å². The Bertz CT molecular complexity index is 136. The summed E-state index contributed by atoms with van der Waals surface area (Å²) in [6.07, 6.45) is 2.98. The Morgan fingerprint density at radius 2 is 1.19 bits per heavy atom. The Labute approximate surface area is 107 Å². The number of rotatable bonds is 11. The normalized spacial score (nSPS) is 12.0. The summed E-state index contributed by atoms with van der Waals surface area (Å²) in [7, 11) is -2.43. The second-order valence-corrected chi connectivity index (χ2v) is 6.88. The van der Waals surface area contributed by atoms with Gasteiger partial charge in [-0.15, -0.1) is 0 Å². The van der Waals surface area contributed by atoms with Crippen LogP contribution in [0.5, 0.6) is 0 Å². The molecule has 0 aliphatic rings.